The van der Waals surface area contributed by atoms with Crippen LogP contribution in [-0.2, 0) is 14.3 Å². The maximum Gasteiger partial charge on any atom is 0.407 e. The third-order valence-electron chi connectivity index (χ3n) is 4.62. The molecule has 0 saturated carbocycles. The summed E-state index contributed by atoms with van der Waals surface area (Å²) in [6.45, 7) is 1.58. The third-order valence-corrected chi connectivity index (χ3v) is 4.62. The predicted molar refractivity (Wildman–Crippen MR) is 90.5 cm³/mol. The van der Waals surface area contributed by atoms with E-state index in [9.17, 15) is 9.59 Å². The molecule has 2 amide bonds. The van der Waals surface area contributed by atoms with E-state index in [0.29, 0.717) is 5.92 Å². The molecule has 2 atom stereocenters. The van der Waals surface area contributed by atoms with Crippen LogP contribution in [-0.4, -0.2) is 38.4 Å². The van der Waals surface area contributed by atoms with Gasteiger partial charge in [0.05, 0.1) is 7.11 Å². The molecule has 1 fully saturated rings. The van der Waals surface area contributed by atoms with Crippen molar-refractivity contribution in [2.24, 2.45) is 11.7 Å². The largest absolute Gasteiger partial charge is 0.453 e. The molecule has 1 aliphatic rings. The summed E-state index contributed by atoms with van der Waals surface area (Å²) in [4.78, 5) is 23.6. The second kappa shape index (κ2) is 9.27. The Kier molecular flexibility index (Phi) is 7.06. The molecule has 0 aromatic heterocycles. The number of benzene rings is 1. The summed E-state index contributed by atoms with van der Waals surface area (Å²) < 4.78 is 10.0. The smallest absolute Gasteiger partial charge is 0.407 e. The zero-order valence-electron chi connectivity index (χ0n) is 14.1. The maximum atomic E-state index is 11.9. The van der Waals surface area contributed by atoms with Crippen LogP contribution in [0.3, 0.4) is 0 Å². The van der Waals surface area contributed by atoms with Crippen LogP contribution in [0.15, 0.2) is 30.3 Å². The molecule has 6 nitrogen and oxygen atoms in total. The average Bonchev–Trinajstić information content (AvgIpc) is 2.62. The van der Waals surface area contributed by atoms with Crippen LogP contribution >= 0.6 is 0 Å². The molecule has 0 aliphatic carbocycles. The first-order chi connectivity index (χ1) is 11.6. The number of alkyl carbamates (subject to hydrolysis) is 1. The van der Waals surface area contributed by atoms with E-state index < -0.39 is 18.0 Å². The highest BCUT2D eigenvalue weighted by atomic mass is 16.5. The van der Waals surface area contributed by atoms with E-state index in [-0.39, 0.29) is 5.92 Å². The molecular formula is C18H26N2O4. The highest BCUT2D eigenvalue weighted by molar-refractivity contribution is 5.85. The van der Waals surface area contributed by atoms with Gasteiger partial charge in [0.15, 0.2) is 0 Å². The number of nitrogens with one attached hydrogen (secondary N) is 1. The Balaban J connectivity index is 2.13. The summed E-state index contributed by atoms with van der Waals surface area (Å²) in [5.74, 6) is -0.150. The lowest BCUT2D eigenvalue weighted by Gasteiger charge is -2.28. The Bertz CT molecular complexity index is 529. The Morgan fingerprint density at radius 2 is 1.96 bits per heavy atom. The molecule has 1 saturated heterocycles. The number of amides is 2. The minimum atomic E-state index is -0.792. The van der Waals surface area contributed by atoms with Crippen LogP contribution in [0.25, 0.3) is 0 Å². The predicted octanol–water partition coefficient (Wildman–Crippen LogP) is 2.19. The number of primary amides is 1. The summed E-state index contributed by atoms with van der Waals surface area (Å²) in [5, 5.41) is 2.59. The summed E-state index contributed by atoms with van der Waals surface area (Å²) in [6, 6.07) is 8.90. The van der Waals surface area contributed by atoms with Gasteiger partial charge < -0.3 is 20.5 Å². The fraction of sp³-hybridized carbons (Fsp3) is 0.556. The van der Waals surface area contributed by atoms with Gasteiger partial charge in [-0.2, -0.15) is 0 Å². The molecule has 0 bridgehead atoms. The van der Waals surface area contributed by atoms with Crippen molar-refractivity contribution in [3.63, 3.8) is 0 Å². The van der Waals surface area contributed by atoms with Gasteiger partial charge in [-0.1, -0.05) is 30.3 Å². The van der Waals surface area contributed by atoms with Gasteiger partial charge in [-0.05, 0) is 37.2 Å². The molecule has 3 N–H and O–H groups in total. The SMILES string of the molecule is COC(=O)N[C@H](C(N)=O)C(CCC1CCOCC1)c1ccccc1. The first-order valence-electron chi connectivity index (χ1n) is 8.38. The van der Waals surface area contributed by atoms with Crippen molar-refractivity contribution in [3.05, 3.63) is 35.9 Å². The van der Waals surface area contributed by atoms with E-state index in [4.69, 9.17) is 10.5 Å². The van der Waals surface area contributed by atoms with Crippen LogP contribution in [0.2, 0.25) is 0 Å². The standard InChI is InChI=1S/C18H26N2O4/c1-23-18(22)20-16(17(19)21)15(14-5-3-2-4-6-14)8-7-13-9-11-24-12-10-13/h2-6,13,15-16H,7-12H2,1H3,(H2,19,21)(H,20,22)/t15?,16-/m0/s1. The van der Waals surface area contributed by atoms with Gasteiger partial charge >= 0.3 is 6.09 Å². The number of carbonyl (C=O) groups excluding carboxylic acids is 2. The summed E-state index contributed by atoms with van der Waals surface area (Å²) in [6.07, 6.45) is 3.16. The second-order valence-electron chi connectivity index (χ2n) is 6.17. The Hall–Kier alpha value is -2.08. The van der Waals surface area contributed by atoms with Gasteiger partial charge in [-0.15, -0.1) is 0 Å². The molecular weight excluding hydrogens is 308 g/mol. The minimum Gasteiger partial charge on any atom is -0.453 e. The topological polar surface area (TPSA) is 90.6 Å². The van der Waals surface area contributed by atoms with Crippen molar-refractivity contribution in [2.45, 2.75) is 37.6 Å². The first kappa shape index (κ1) is 18.3. The Morgan fingerprint density at radius 1 is 1.29 bits per heavy atom. The molecule has 1 aliphatic heterocycles. The quantitative estimate of drug-likeness (QED) is 0.799. The van der Waals surface area contributed by atoms with Crippen molar-refractivity contribution >= 4 is 12.0 Å². The fourth-order valence-corrected chi connectivity index (χ4v) is 3.23. The molecule has 1 aromatic carbocycles. The fourth-order valence-electron chi connectivity index (χ4n) is 3.23. The van der Waals surface area contributed by atoms with Crippen molar-refractivity contribution < 1.29 is 19.1 Å². The van der Waals surface area contributed by atoms with Gasteiger partial charge in [0, 0.05) is 19.1 Å². The number of carbonyl (C=O) groups is 2. The highest BCUT2D eigenvalue weighted by Gasteiger charge is 2.30. The molecule has 1 aromatic rings. The summed E-state index contributed by atoms with van der Waals surface area (Å²) in [5.41, 5.74) is 6.55. The summed E-state index contributed by atoms with van der Waals surface area (Å²) >= 11 is 0. The van der Waals surface area contributed by atoms with Gasteiger partial charge in [0.25, 0.3) is 0 Å². The Morgan fingerprint density at radius 3 is 2.54 bits per heavy atom. The number of rotatable bonds is 7. The van der Waals surface area contributed by atoms with E-state index in [0.717, 1.165) is 44.5 Å². The van der Waals surface area contributed by atoms with E-state index in [1.807, 2.05) is 30.3 Å². The van der Waals surface area contributed by atoms with Crippen LogP contribution in [0.5, 0.6) is 0 Å². The number of nitrogens with two attached hydrogens (primary N) is 1. The maximum absolute atomic E-state index is 11.9. The molecule has 24 heavy (non-hydrogen) atoms. The van der Waals surface area contributed by atoms with Gasteiger partial charge in [0.1, 0.15) is 6.04 Å². The highest BCUT2D eigenvalue weighted by Crippen LogP contribution is 2.30. The molecule has 1 heterocycles. The van der Waals surface area contributed by atoms with E-state index in [1.54, 1.807) is 0 Å². The average molecular weight is 334 g/mol. The van der Waals surface area contributed by atoms with Crippen LogP contribution in [0.4, 0.5) is 4.79 Å². The number of hydrogen-bond acceptors (Lipinski definition) is 4. The van der Waals surface area contributed by atoms with Crippen molar-refractivity contribution in [2.75, 3.05) is 20.3 Å². The van der Waals surface area contributed by atoms with Gasteiger partial charge in [0.2, 0.25) is 5.91 Å². The third kappa shape index (κ3) is 5.23. The van der Waals surface area contributed by atoms with Gasteiger partial charge in [-0.25, -0.2) is 4.79 Å². The first-order valence-corrected chi connectivity index (χ1v) is 8.38. The van der Waals surface area contributed by atoms with Crippen molar-refractivity contribution in [3.8, 4) is 0 Å². The lowest BCUT2D eigenvalue weighted by atomic mass is 9.83. The van der Waals surface area contributed by atoms with E-state index in [1.165, 1.54) is 7.11 Å². The van der Waals surface area contributed by atoms with Gasteiger partial charge in [-0.3, -0.25) is 4.79 Å². The lowest BCUT2D eigenvalue weighted by molar-refractivity contribution is -0.120. The molecule has 0 radical (unpaired) electrons. The number of hydrogen-bond donors (Lipinski definition) is 2. The van der Waals surface area contributed by atoms with E-state index >= 15 is 0 Å². The van der Waals surface area contributed by atoms with Crippen molar-refractivity contribution in [1.29, 1.82) is 0 Å². The zero-order valence-corrected chi connectivity index (χ0v) is 14.1. The normalized spacial score (nSPS) is 17.7. The monoisotopic (exact) mass is 334 g/mol. The number of methoxy groups -OCH3 is 1. The van der Waals surface area contributed by atoms with Crippen LogP contribution in [0, 0.1) is 5.92 Å². The molecule has 6 heteroatoms. The minimum absolute atomic E-state index is 0.175. The van der Waals surface area contributed by atoms with E-state index in [2.05, 4.69) is 10.1 Å². The van der Waals surface area contributed by atoms with Crippen molar-refractivity contribution in [1.82, 2.24) is 5.32 Å². The second-order valence-corrected chi connectivity index (χ2v) is 6.17. The summed E-state index contributed by atoms with van der Waals surface area (Å²) in [7, 11) is 1.27. The van der Waals surface area contributed by atoms with Crippen LogP contribution in [0.1, 0.15) is 37.2 Å². The zero-order chi connectivity index (χ0) is 17.4. The Labute approximate surface area is 142 Å². The lowest BCUT2D eigenvalue weighted by Crippen LogP contribution is -2.48. The number of ether oxygens (including phenoxy) is 2. The molecule has 1 unspecified atom stereocenters. The van der Waals surface area contributed by atoms with Crippen LogP contribution < -0.4 is 11.1 Å². The molecule has 132 valence electrons. The molecule has 2 rings (SSSR count). The molecule has 0 spiro atoms.